The van der Waals surface area contributed by atoms with Gasteiger partial charge in [0.05, 0.1) is 14.2 Å². The van der Waals surface area contributed by atoms with E-state index >= 15 is 0 Å². The Morgan fingerprint density at radius 1 is 1.25 bits per heavy atom. The summed E-state index contributed by atoms with van der Waals surface area (Å²) >= 11 is 0. The number of ether oxygens (including phenoxy) is 2. The maximum absolute atomic E-state index is 6.07. The zero-order valence-corrected chi connectivity index (χ0v) is 10.1. The molecule has 88 valence electrons. The highest BCUT2D eigenvalue weighted by Gasteiger charge is 2.09. The summed E-state index contributed by atoms with van der Waals surface area (Å²) in [6.45, 7) is 5.83. The van der Waals surface area contributed by atoms with Crippen molar-refractivity contribution in [3.63, 3.8) is 0 Å². The van der Waals surface area contributed by atoms with Crippen LogP contribution >= 0.6 is 0 Å². The Morgan fingerprint density at radius 3 is 2.12 bits per heavy atom. The SMILES string of the molecule is C=C(C)C[C@H](N)c1cc(OC)cc(OC)c1. The van der Waals surface area contributed by atoms with Gasteiger partial charge >= 0.3 is 0 Å². The van der Waals surface area contributed by atoms with Crippen molar-refractivity contribution in [1.82, 2.24) is 0 Å². The number of hydrogen-bond acceptors (Lipinski definition) is 3. The van der Waals surface area contributed by atoms with Crippen LogP contribution in [-0.4, -0.2) is 14.2 Å². The molecule has 3 heteroatoms. The Bertz CT molecular complexity index is 352. The third kappa shape index (κ3) is 3.28. The van der Waals surface area contributed by atoms with Crippen molar-refractivity contribution < 1.29 is 9.47 Å². The molecule has 0 amide bonds. The molecule has 0 aliphatic rings. The summed E-state index contributed by atoms with van der Waals surface area (Å²) in [5.41, 5.74) is 8.13. The van der Waals surface area contributed by atoms with Crippen LogP contribution in [0, 0.1) is 0 Å². The van der Waals surface area contributed by atoms with E-state index in [-0.39, 0.29) is 6.04 Å². The van der Waals surface area contributed by atoms with E-state index in [0.717, 1.165) is 29.1 Å². The van der Waals surface area contributed by atoms with E-state index < -0.39 is 0 Å². The molecule has 0 spiro atoms. The zero-order valence-electron chi connectivity index (χ0n) is 10.1. The van der Waals surface area contributed by atoms with E-state index in [1.165, 1.54) is 0 Å². The lowest BCUT2D eigenvalue weighted by atomic mass is 10.0. The minimum atomic E-state index is -0.0681. The highest BCUT2D eigenvalue weighted by atomic mass is 16.5. The molecule has 0 aliphatic heterocycles. The summed E-state index contributed by atoms with van der Waals surface area (Å²) in [5.74, 6) is 1.51. The van der Waals surface area contributed by atoms with E-state index in [2.05, 4.69) is 6.58 Å². The molecule has 16 heavy (non-hydrogen) atoms. The molecule has 0 aromatic heterocycles. The molecule has 0 saturated carbocycles. The minimum Gasteiger partial charge on any atom is -0.497 e. The molecule has 3 nitrogen and oxygen atoms in total. The molecule has 2 N–H and O–H groups in total. The maximum Gasteiger partial charge on any atom is 0.122 e. The third-order valence-electron chi connectivity index (χ3n) is 2.37. The first-order valence-electron chi connectivity index (χ1n) is 5.19. The van der Waals surface area contributed by atoms with Crippen molar-refractivity contribution >= 4 is 0 Å². The summed E-state index contributed by atoms with van der Waals surface area (Å²) in [6.07, 6.45) is 0.760. The molecule has 1 atom stereocenters. The van der Waals surface area contributed by atoms with Gasteiger partial charge in [-0.05, 0) is 31.0 Å². The molecular weight excluding hydrogens is 202 g/mol. The van der Waals surface area contributed by atoms with Gasteiger partial charge < -0.3 is 15.2 Å². The van der Waals surface area contributed by atoms with E-state index in [9.17, 15) is 0 Å². The van der Waals surface area contributed by atoms with Crippen LogP contribution in [0.25, 0.3) is 0 Å². The molecule has 0 fully saturated rings. The smallest absolute Gasteiger partial charge is 0.122 e. The van der Waals surface area contributed by atoms with Gasteiger partial charge in [-0.3, -0.25) is 0 Å². The fourth-order valence-corrected chi connectivity index (χ4v) is 1.54. The minimum absolute atomic E-state index is 0.0681. The predicted molar refractivity (Wildman–Crippen MR) is 65.9 cm³/mol. The summed E-state index contributed by atoms with van der Waals surface area (Å²) in [4.78, 5) is 0. The van der Waals surface area contributed by atoms with Crippen LogP contribution in [0.3, 0.4) is 0 Å². The van der Waals surface area contributed by atoms with Crippen molar-refractivity contribution in [3.05, 3.63) is 35.9 Å². The summed E-state index contributed by atoms with van der Waals surface area (Å²) < 4.78 is 10.4. The average Bonchev–Trinajstić information content (AvgIpc) is 2.27. The Balaban J connectivity index is 2.97. The van der Waals surface area contributed by atoms with Gasteiger partial charge in [0.1, 0.15) is 11.5 Å². The topological polar surface area (TPSA) is 44.5 Å². The average molecular weight is 221 g/mol. The number of benzene rings is 1. The van der Waals surface area contributed by atoms with Crippen molar-refractivity contribution in [2.75, 3.05) is 14.2 Å². The molecule has 0 aliphatic carbocycles. The molecule has 0 radical (unpaired) electrons. The molecule has 0 unspecified atom stereocenters. The Labute approximate surface area is 96.9 Å². The molecule has 0 heterocycles. The summed E-state index contributed by atoms with van der Waals surface area (Å²) in [6, 6.07) is 5.62. The van der Waals surface area contributed by atoms with Crippen LogP contribution in [0.15, 0.2) is 30.4 Å². The van der Waals surface area contributed by atoms with Gasteiger partial charge in [0.2, 0.25) is 0 Å². The third-order valence-corrected chi connectivity index (χ3v) is 2.37. The van der Waals surface area contributed by atoms with Crippen molar-refractivity contribution in [2.45, 2.75) is 19.4 Å². The Hall–Kier alpha value is -1.48. The lowest BCUT2D eigenvalue weighted by Crippen LogP contribution is -2.10. The molecule has 1 rings (SSSR count). The van der Waals surface area contributed by atoms with Crippen LogP contribution < -0.4 is 15.2 Å². The zero-order chi connectivity index (χ0) is 12.1. The quantitative estimate of drug-likeness (QED) is 0.777. The Kier molecular flexibility index (Phi) is 4.38. The van der Waals surface area contributed by atoms with Crippen LogP contribution in [0.2, 0.25) is 0 Å². The van der Waals surface area contributed by atoms with Crippen molar-refractivity contribution in [2.24, 2.45) is 5.73 Å². The first-order chi connectivity index (χ1) is 7.56. The lowest BCUT2D eigenvalue weighted by molar-refractivity contribution is 0.392. The van der Waals surface area contributed by atoms with Crippen LogP contribution in [-0.2, 0) is 0 Å². The van der Waals surface area contributed by atoms with Crippen molar-refractivity contribution in [3.8, 4) is 11.5 Å². The highest BCUT2D eigenvalue weighted by Crippen LogP contribution is 2.27. The fraction of sp³-hybridized carbons (Fsp3) is 0.385. The molecule has 1 aromatic carbocycles. The monoisotopic (exact) mass is 221 g/mol. The first-order valence-corrected chi connectivity index (χ1v) is 5.19. The highest BCUT2D eigenvalue weighted by molar-refractivity contribution is 5.40. The maximum atomic E-state index is 6.07. The second-order valence-electron chi connectivity index (χ2n) is 3.91. The molecule has 1 aromatic rings. The van der Waals surface area contributed by atoms with Gasteiger partial charge in [0, 0.05) is 12.1 Å². The number of methoxy groups -OCH3 is 2. The van der Waals surface area contributed by atoms with Gasteiger partial charge in [-0.1, -0.05) is 5.57 Å². The van der Waals surface area contributed by atoms with Gasteiger partial charge in [0.15, 0.2) is 0 Å². The van der Waals surface area contributed by atoms with Gasteiger partial charge in [-0.25, -0.2) is 0 Å². The number of nitrogens with two attached hydrogens (primary N) is 1. The van der Waals surface area contributed by atoms with Crippen molar-refractivity contribution in [1.29, 1.82) is 0 Å². The lowest BCUT2D eigenvalue weighted by Gasteiger charge is -2.14. The normalized spacial score (nSPS) is 12.0. The second kappa shape index (κ2) is 5.56. The summed E-state index contributed by atoms with van der Waals surface area (Å²) in [7, 11) is 3.26. The number of rotatable bonds is 5. The Morgan fingerprint density at radius 2 is 1.75 bits per heavy atom. The van der Waals surface area contributed by atoms with E-state index in [1.54, 1.807) is 14.2 Å². The first kappa shape index (κ1) is 12.6. The van der Waals surface area contributed by atoms with E-state index in [1.807, 2.05) is 25.1 Å². The second-order valence-corrected chi connectivity index (χ2v) is 3.91. The largest absolute Gasteiger partial charge is 0.497 e. The predicted octanol–water partition coefficient (Wildman–Crippen LogP) is 2.67. The van der Waals surface area contributed by atoms with Gasteiger partial charge in [0.25, 0.3) is 0 Å². The fourth-order valence-electron chi connectivity index (χ4n) is 1.54. The van der Waals surface area contributed by atoms with Crippen LogP contribution in [0.1, 0.15) is 24.9 Å². The van der Waals surface area contributed by atoms with Gasteiger partial charge in [-0.15, -0.1) is 6.58 Å². The van der Waals surface area contributed by atoms with E-state index in [0.29, 0.717) is 0 Å². The number of hydrogen-bond donors (Lipinski definition) is 1. The molecule has 0 bridgehead atoms. The van der Waals surface area contributed by atoms with E-state index in [4.69, 9.17) is 15.2 Å². The standard InChI is InChI=1S/C13H19NO2/c1-9(2)5-13(14)10-6-11(15-3)8-12(7-10)16-4/h6-8,13H,1,5,14H2,2-4H3/t13-/m0/s1. The molecular formula is C13H19NO2. The van der Waals surface area contributed by atoms with Gasteiger partial charge in [-0.2, -0.15) is 0 Å². The molecule has 0 saturated heterocycles. The van der Waals surface area contributed by atoms with Crippen LogP contribution in [0.5, 0.6) is 11.5 Å². The van der Waals surface area contributed by atoms with Crippen LogP contribution in [0.4, 0.5) is 0 Å². The summed E-state index contributed by atoms with van der Waals surface area (Å²) in [5, 5.41) is 0.